The Kier molecular flexibility index (Phi) is 4.40. The SMILES string of the molecule is C/C=C/CCNC(=O)C1CCOc2ccccc21. The zero-order chi connectivity index (χ0) is 12.8. The van der Waals surface area contributed by atoms with Crippen LogP contribution in [0, 0.1) is 0 Å². The third-order valence-corrected chi connectivity index (χ3v) is 3.12. The molecule has 3 heteroatoms. The summed E-state index contributed by atoms with van der Waals surface area (Å²) in [5, 5.41) is 2.98. The maximum absolute atomic E-state index is 12.1. The Morgan fingerprint density at radius 3 is 3.17 bits per heavy atom. The van der Waals surface area contributed by atoms with Gasteiger partial charge in [-0.1, -0.05) is 30.4 Å². The van der Waals surface area contributed by atoms with Gasteiger partial charge in [0, 0.05) is 12.1 Å². The Morgan fingerprint density at radius 1 is 1.50 bits per heavy atom. The minimum Gasteiger partial charge on any atom is -0.493 e. The molecular formula is C15H19NO2. The van der Waals surface area contributed by atoms with E-state index in [1.165, 1.54) is 0 Å². The van der Waals surface area contributed by atoms with Gasteiger partial charge in [-0.15, -0.1) is 0 Å². The largest absolute Gasteiger partial charge is 0.493 e. The second-order valence-corrected chi connectivity index (χ2v) is 4.38. The van der Waals surface area contributed by atoms with Crippen molar-refractivity contribution in [1.82, 2.24) is 5.32 Å². The second kappa shape index (κ2) is 6.24. The smallest absolute Gasteiger partial charge is 0.227 e. The average molecular weight is 245 g/mol. The Labute approximate surface area is 108 Å². The van der Waals surface area contributed by atoms with Crippen LogP contribution in [0.2, 0.25) is 0 Å². The van der Waals surface area contributed by atoms with E-state index in [9.17, 15) is 4.79 Å². The molecule has 0 radical (unpaired) electrons. The lowest BCUT2D eigenvalue weighted by Crippen LogP contribution is -2.32. The van der Waals surface area contributed by atoms with Crippen LogP contribution in [-0.2, 0) is 4.79 Å². The van der Waals surface area contributed by atoms with Crippen molar-refractivity contribution in [2.45, 2.75) is 25.7 Å². The molecule has 18 heavy (non-hydrogen) atoms. The molecule has 0 aromatic heterocycles. The van der Waals surface area contributed by atoms with Gasteiger partial charge in [0.25, 0.3) is 0 Å². The summed E-state index contributed by atoms with van der Waals surface area (Å²) in [6.45, 7) is 3.29. The Bertz CT molecular complexity index is 440. The molecule has 2 rings (SSSR count). The number of hydrogen-bond donors (Lipinski definition) is 1. The standard InChI is InChI=1S/C15H19NO2/c1-2-3-6-10-16-15(17)13-9-11-18-14-8-5-4-7-12(13)14/h2-5,7-8,13H,6,9-11H2,1H3,(H,16,17)/b3-2+. The van der Waals surface area contributed by atoms with Gasteiger partial charge in [0.2, 0.25) is 5.91 Å². The summed E-state index contributed by atoms with van der Waals surface area (Å²) in [4.78, 5) is 12.1. The van der Waals surface area contributed by atoms with E-state index in [-0.39, 0.29) is 11.8 Å². The number of para-hydroxylation sites is 1. The zero-order valence-electron chi connectivity index (χ0n) is 10.7. The van der Waals surface area contributed by atoms with E-state index in [0.29, 0.717) is 13.2 Å². The first kappa shape index (κ1) is 12.7. The lowest BCUT2D eigenvalue weighted by molar-refractivity contribution is -0.123. The summed E-state index contributed by atoms with van der Waals surface area (Å²) in [6, 6.07) is 7.79. The quantitative estimate of drug-likeness (QED) is 0.654. The molecule has 1 heterocycles. The minimum absolute atomic E-state index is 0.0689. The van der Waals surface area contributed by atoms with Gasteiger partial charge in [-0.25, -0.2) is 0 Å². The summed E-state index contributed by atoms with van der Waals surface area (Å²) in [6.07, 6.45) is 5.69. The van der Waals surface area contributed by atoms with E-state index in [4.69, 9.17) is 4.74 Å². The molecule has 1 aromatic rings. The molecular weight excluding hydrogens is 226 g/mol. The monoisotopic (exact) mass is 245 g/mol. The Hall–Kier alpha value is -1.77. The highest BCUT2D eigenvalue weighted by Gasteiger charge is 2.26. The summed E-state index contributed by atoms with van der Waals surface area (Å²) >= 11 is 0. The van der Waals surface area contributed by atoms with Crippen LogP contribution in [-0.4, -0.2) is 19.1 Å². The Balaban J connectivity index is 1.99. The van der Waals surface area contributed by atoms with Crippen molar-refractivity contribution >= 4 is 5.91 Å². The first-order chi connectivity index (χ1) is 8.83. The van der Waals surface area contributed by atoms with Gasteiger partial charge in [0.15, 0.2) is 0 Å². The molecule has 0 spiro atoms. The van der Waals surface area contributed by atoms with Gasteiger partial charge in [-0.3, -0.25) is 4.79 Å². The van der Waals surface area contributed by atoms with Crippen molar-refractivity contribution < 1.29 is 9.53 Å². The van der Waals surface area contributed by atoms with Crippen LogP contribution < -0.4 is 10.1 Å². The minimum atomic E-state index is -0.0689. The highest BCUT2D eigenvalue weighted by atomic mass is 16.5. The summed E-state index contributed by atoms with van der Waals surface area (Å²) < 4.78 is 5.56. The number of nitrogens with one attached hydrogen (secondary N) is 1. The molecule has 0 saturated carbocycles. The molecule has 1 aliphatic heterocycles. The number of amides is 1. The van der Waals surface area contributed by atoms with Crippen molar-refractivity contribution in [3.8, 4) is 5.75 Å². The first-order valence-electron chi connectivity index (χ1n) is 6.43. The third kappa shape index (κ3) is 2.92. The number of allylic oxidation sites excluding steroid dienone is 1. The predicted octanol–water partition coefficient (Wildman–Crippen LogP) is 2.64. The highest BCUT2D eigenvalue weighted by Crippen LogP contribution is 2.33. The molecule has 1 amide bonds. The highest BCUT2D eigenvalue weighted by molar-refractivity contribution is 5.84. The summed E-state index contributed by atoms with van der Waals surface area (Å²) in [7, 11) is 0. The van der Waals surface area contributed by atoms with E-state index in [1.807, 2.05) is 37.3 Å². The van der Waals surface area contributed by atoms with Crippen molar-refractivity contribution in [2.24, 2.45) is 0 Å². The van der Waals surface area contributed by atoms with Gasteiger partial charge in [0.1, 0.15) is 5.75 Å². The molecule has 1 unspecified atom stereocenters. The van der Waals surface area contributed by atoms with E-state index in [0.717, 1.165) is 24.2 Å². The van der Waals surface area contributed by atoms with E-state index in [1.54, 1.807) is 0 Å². The fraction of sp³-hybridized carbons (Fsp3) is 0.400. The fourth-order valence-corrected chi connectivity index (χ4v) is 2.18. The molecule has 1 aliphatic rings. The first-order valence-corrected chi connectivity index (χ1v) is 6.43. The van der Waals surface area contributed by atoms with Gasteiger partial charge < -0.3 is 10.1 Å². The Morgan fingerprint density at radius 2 is 2.33 bits per heavy atom. The van der Waals surface area contributed by atoms with E-state index < -0.39 is 0 Å². The molecule has 0 bridgehead atoms. The maximum atomic E-state index is 12.1. The van der Waals surface area contributed by atoms with Gasteiger partial charge >= 0.3 is 0 Å². The second-order valence-electron chi connectivity index (χ2n) is 4.38. The van der Waals surface area contributed by atoms with Crippen LogP contribution in [0.4, 0.5) is 0 Å². The summed E-state index contributed by atoms with van der Waals surface area (Å²) in [5.74, 6) is 0.883. The van der Waals surface area contributed by atoms with Gasteiger partial charge in [-0.05, 0) is 25.8 Å². The molecule has 1 atom stereocenters. The van der Waals surface area contributed by atoms with E-state index >= 15 is 0 Å². The molecule has 1 aromatic carbocycles. The molecule has 3 nitrogen and oxygen atoms in total. The lowest BCUT2D eigenvalue weighted by Gasteiger charge is -2.24. The normalized spacial score (nSPS) is 18.2. The van der Waals surface area contributed by atoms with E-state index in [2.05, 4.69) is 11.4 Å². The third-order valence-electron chi connectivity index (χ3n) is 3.12. The lowest BCUT2D eigenvalue weighted by atomic mass is 9.92. The van der Waals surface area contributed by atoms with Crippen LogP contribution >= 0.6 is 0 Å². The van der Waals surface area contributed by atoms with Crippen LogP contribution in [0.3, 0.4) is 0 Å². The molecule has 96 valence electrons. The van der Waals surface area contributed by atoms with Crippen LogP contribution in [0.5, 0.6) is 5.75 Å². The summed E-state index contributed by atoms with van der Waals surface area (Å²) in [5.41, 5.74) is 1.01. The molecule has 0 fully saturated rings. The van der Waals surface area contributed by atoms with Crippen molar-refractivity contribution in [3.05, 3.63) is 42.0 Å². The number of rotatable bonds is 4. The maximum Gasteiger partial charge on any atom is 0.227 e. The number of carbonyl (C=O) groups excluding carboxylic acids is 1. The van der Waals surface area contributed by atoms with Crippen molar-refractivity contribution in [2.75, 3.05) is 13.2 Å². The molecule has 0 aliphatic carbocycles. The predicted molar refractivity (Wildman–Crippen MR) is 71.7 cm³/mol. The number of fused-ring (bicyclic) bond motifs is 1. The molecule has 0 saturated heterocycles. The number of benzene rings is 1. The van der Waals surface area contributed by atoms with Crippen molar-refractivity contribution in [3.63, 3.8) is 0 Å². The number of hydrogen-bond acceptors (Lipinski definition) is 2. The van der Waals surface area contributed by atoms with Crippen molar-refractivity contribution in [1.29, 1.82) is 0 Å². The van der Waals surface area contributed by atoms with Gasteiger partial charge in [0.05, 0.1) is 12.5 Å². The number of carbonyl (C=O) groups is 1. The van der Waals surface area contributed by atoms with Crippen LogP contribution in [0.25, 0.3) is 0 Å². The number of ether oxygens (including phenoxy) is 1. The fourth-order valence-electron chi connectivity index (χ4n) is 2.18. The average Bonchev–Trinajstić information content (AvgIpc) is 2.43. The molecule has 1 N–H and O–H groups in total. The van der Waals surface area contributed by atoms with Crippen LogP contribution in [0.1, 0.15) is 31.2 Å². The zero-order valence-corrected chi connectivity index (χ0v) is 10.7. The topological polar surface area (TPSA) is 38.3 Å². The van der Waals surface area contributed by atoms with Gasteiger partial charge in [-0.2, -0.15) is 0 Å². The van der Waals surface area contributed by atoms with Crippen LogP contribution in [0.15, 0.2) is 36.4 Å².